The second-order valence-electron chi connectivity index (χ2n) is 6.62. The van der Waals surface area contributed by atoms with Crippen LogP contribution in [0.5, 0.6) is 0 Å². The quantitative estimate of drug-likeness (QED) is 0.558. The van der Waals surface area contributed by atoms with Crippen LogP contribution >= 0.6 is 11.8 Å². The number of halogens is 1. The molecule has 3 aromatic rings. The molecule has 0 aliphatic heterocycles. The van der Waals surface area contributed by atoms with Gasteiger partial charge < -0.3 is 10.6 Å². The molecular weight excluding hydrogens is 405 g/mol. The van der Waals surface area contributed by atoms with Gasteiger partial charge in [0.2, 0.25) is 11.8 Å². The molecule has 0 saturated carbocycles. The van der Waals surface area contributed by atoms with Crippen LogP contribution < -0.4 is 5.73 Å². The summed E-state index contributed by atoms with van der Waals surface area (Å²) in [5, 5.41) is 8.64. The number of carbonyl (C=O) groups is 2. The van der Waals surface area contributed by atoms with Crippen LogP contribution in [0, 0.1) is 5.82 Å². The molecule has 0 bridgehead atoms. The Bertz CT molecular complexity index is 1060. The minimum absolute atomic E-state index is 0.0164. The highest BCUT2D eigenvalue weighted by molar-refractivity contribution is 7.99. The van der Waals surface area contributed by atoms with E-state index >= 15 is 0 Å². The number of thioether (sulfide) groups is 1. The second kappa shape index (κ2) is 9.53. The Labute approximate surface area is 178 Å². The Morgan fingerprint density at radius 3 is 2.70 bits per heavy atom. The predicted octanol–water partition coefficient (Wildman–Crippen LogP) is 2.75. The molecule has 2 N–H and O–H groups in total. The zero-order valence-electron chi connectivity index (χ0n) is 16.7. The lowest BCUT2D eigenvalue weighted by atomic mass is 10.0. The van der Waals surface area contributed by atoms with Gasteiger partial charge in [0.25, 0.3) is 0 Å². The van der Waals surface area contributed by atoms with Crippen LogP contribution in [-0.4, -0.2) is 44.3 Å². The van der Waals surface area contributed by atoms with Crippen LogP contribution in [0.15, 0.2) is 60.0 Å². The first-order valence-electron chi connectivity index (χ1n) is 9.34. The summed E-state index contributed by atoms with van der Waals surface area (Å²) in [7, 11) is 1.47. The predicted molar refractivity (Wildman–Crippen MR) is 113 cm³/mol. The van der Waals surface area contributed by atoms with Gasteiger partial charge in [-0.15, -0.1) is 10.2 Å². The largest absolute Gasteiger partial charge is 0.368 e. The maximum absolute atomic E-state index is 13.6. The summed E-state index contributed by atoms with van der Waals surface area (Å²) < 4.78 is 15.4. The maximum atomic E-state index is 13.6. The van der Waals surface area contributed by atoms with Gasteiger partial charge in [0, 0.05) is 7.05 Å². The van der Waals surface area contributed by atoms with Crippen molar-refractivity contribution in [3.05, 3.63) is 71.8 Å². The van der Waals surface area contributed by atoms with E-state index in [1.165, 1.54) is 41.9 Å². The molecule has 1 atom stereocenters. The molecule has 2 aromatic carbocycles. The number of primary amides is 1. The van der Waals surface area contributed by atoms with Crippen molar-refractivity contribution in [3.63, 3.8) is 0 Å². The number of hydrogen-bond donors (Lipinski definition) is 1. The first-order valence-corrected chi connectivity index (χ1v) is 10.3. The van der Waals surface area contributed by atoms with Crippen molar-refractivity contribution in [3.8, 4) is 5.69 Å². The topological polar surface area (TPSA) is 94.1 Å². The van der Waals surface area contributed by atoms with E-state index < -0.39 is 17.8 Å². The number of carbonyl (C=O) groups excluding carboxylic acids is 2. The van der Waals surface area contributed by atoms with Crippen LogP contribution in [0.25, 0.3) is 5.69 Å². The lowest BCUT2D eigenvalue weighted by Crippen LogP contribution is -2.40. The molecule has 0 saturated heterocycles. The van der Waals surface area contributed by atoms with Crippen LogP contribution in [0.4, 0.5) is 4.39 Å². The summed E-state index contributed by atoms with van der Waals surface area (Å²) in [6, 6.07) is 12.3. The van der Waals surface area contributed by atoms with Gasteiger partial charge in [0.05, 0.1) is 11.4 Å². The summed E-state index contributed by atoms with van der Waals surface area (Å²) in [6.45, 7) is 2.06. The van der Waals surface area contributed by atoms with Crippen LogP contribution in [0.2, 0.25) is 0 Å². The minimum Gasteiger partial charge on any atom is -0.368 e. The fourth-order valence-electron chi connectivity index (χ4n) is 3.16. The van der Waals surface area contributed by atoms with E-state index in [4.69, 9.17) is 5.73 Å². The molecule has 1 aromatic heterocycles. The number of benzene rings is 2. The van der Waals surface area contributed by atoms with Crippen molar-refractivity contribution in [2.24, 2.45) is 5.73 Å². The monoisotopic (exact) mass is 427 g/mol. The van der Waals surface area contributed by atoms with Crippen molar-refractivity contribution in [1.82, 2.24) is 19.7 Å². The third kappa shape index (κ3) is 4.68. The standard InChI is InChI=1S/C21H22FN5O2S/c1-3-14-7-4-5-10-17(14)27-13-24-25-21(27)30-12-18(28)26(2)19(20(23)29)15-8-6-9-16(22)11-15/h4-11,13,19H,3,12H2,1-2H3,(H2,23,29). The van der Waals surface area contributed by atoms with Gasteiger partial charge in [-0.1, -0.05) is 49.0 Å². The first-order chi connectivity index (χ1) is 14.4. The normalized spacial score (nSPS) is 11.8. The zero-order chi connectivity index (χ0) is 21.7. The maximum Gasteiger partial charge on any atom is 0.244 e. The Hall–Kier alpha value is -3.20. The van der Waals surface area contributed by atoms with E-state index in [0.717, 1.165) is 17.7 Å². The fraction of sp³-hybridized carbons (Fsp3) is 0.238. The molecule has 3 rings (SSSR count). The molecule has 0 aliphatic carbocycles. The zero-order valence-corrected chi connectivity index (χ0v) is 17.5. The number of para-hydroxylation sites is 1. The molecule has 0 spiro atoms. The van der Waals surface area contributed by atoms with Gasteiger partial charge in [0.1, 0.15) is 18.2 Å². The smallest absolute Gasteiger partial charge is 0.244 e. The third-order valence-electron chi connectivity index (χ3n) is 4.69. The molecule has 30 heavy (non-hydrogen) atoms. The van der Waals surface area contributed by atoms with Crippen molar-refractivity contribution in [2.45, 2.75) is 24.5 Å². The average molecular weight is 428 g/mol. The minimum atomic E-state index is -1.06. The van der Waals surface area contributed by atoms with Crippen molar-refractivity contribution >= 4 is 23.6 Å². The number of likely N-dealkylation sites (N-methyl/N-ethyl adjacent to an activating group) is 1. The Morgan fingerprint density at radius 1 is 1.23 bits per heavy atom. The van der Waals surface area contributed by atoms with Gasteiger partial charge >= 0.3 is 0 Å². The van der Waals surface area contributed by atoms with Crippen molar-refractivity contribution in [1.29, 1.82) is 0 Å². The average Bonchev–Trinajstić information content (AvgIpc) is 3.20. The summed E-state index contributed by atoms with van der Waals surface area (Å²) in [6.07, 6.45) is 2.44. The summed E-state index contributed by atoms with van der Waals surface area (Å²) in [5.41, 5.74) is 7.89. The summed E-state index contributed by atoms with van der Waals surface area (Å²) >= 11 is 1.20. The highest BCUT2D eigenvalue weighted by Crippen LogP contribution is 2.25. The molecule has 0 radical (unpaired) electrons. The highest BCUT2D eigenvalue weighted by atomic mass is 32.2. The Kier molecular flexibility index (Phi) is 6.83. The van der Waals surface area contributed by atoms with Gasteiger partial charge in [-0.3, -0.25) is 14.2 Å². The lowest BCUT2D eigenvalue weighted by Gasteiger charge is -2.26. The molecule has 1 unspecified atom stereocenters. The number of aryl methyl sites for hydroxylation is 1. The van der Waals surface area contributed by atoms with E-state index in [1.54, 1.807) is 12.4 Å². The molecule has 2 amide bonds. The number of rotatable bonds is 8. The summed E-state index contributed by atoms with van der Waals surface area (Å²) in [4.78, 5) is 26.0. The number of amides is 2. The number of hydrogen-bond acceptors (Lipinski definition) is 5. The Balaban J connectivity index is 1.76. The van der Waals surface area contributed by atoms with Gasteiger partial charge in [-0.05, 0) is 35.7 Å². The molecular formula is C21H22FN5O2S. The van der Waals surface area contributed by atoms with E-state index in [9.17, 15) is 14.0 Å². The van der Waals surface area contributed by atoms with Crippen LogP contribution in [0.3, 0.4) is 0 Å². The number of aromatic nitrogens is 3. The lowest BCUT2D eigenvalue weighted by molar-refractivity contribution is -0.136. The first kappa shape index (κ1) is 21.5. The molecule has 9 heteroatoms. The second-order valence-corrected chi connectivity index (χ2v) is 7.56. The molecule has 1 heterocycles. The van der Waals surface area contributed by atoms with E-state index in [2.05, 4.69) is 17.1 Å². The van der Waals surface area contributed by atoms with Gasteiger partial charge in [0.15, 0.2) is 5.16 Å². The highest BCUT2D eigenvalue weighted by Gasteiger charge is 2.27. The van der Waals surface area contributed by atoms with Crippen molar-refractivity contribution in [2.75, 3.05) is 12.8 Å². The van der Waals surface area contributed by atoms with Gasteiger partial charge in [-0.25, -0.2) is 4.39 Å². The van der Waals surface area contributed by atoms with Crippen molar-refractivity contribution < 1.29 is 14.0 Å². The van der Waals surface area contributed by atoms with E-state index in [0.29, 0.717) is 10.7 Å². The molecule has 0 fully saturated rings. The number of nitrogens with zero attached hydrogens (tertiary/aromatic N) is 4. The van der Waals surface area contributed by atoms with E-state index in [1.807, 2.05) is 28.8 Å². The number of nitrogens with two attached hydrogens (primary N) is 1. The molecule has 156 valence electrons. The van der Waals surface area contributed by atoms with E-state index in [-0.39, 0.29) is 11.7 Å². The third-order valence-corrected chi connectivity index (χ3v) is 5.62. The SMILES string of the molecule is CCc1ccccc1-n1cnnc1SCC(=O)N(C)C(C(N)=O)c1cccc(F)c1. The summed E-state index contributed by atoms with van der Waals surface area (Å²) in [5.74, 6) is -1.56. The fourth-order valence-corrected chi connectivity index (χ4v) is 4.01. The van der Waals surface area contributed by atoms with Crippen LogP contribution in [0.1, 0.15) is 24.1 Å². The molecule has 0 aliphatic rings. The van der Waals surface area contributed by atoms with Crippen LogP contribution in [-0.2, 0) is 16.0 Å². The van der Waals surface area contributed by atoms with Gasteiger partial charge in [-0.2, -0.15) is 0 Å². The molecule has 7 nitrogen and oxygen atoms in total. The Morgan fingerprint density at radius 2 is 2.00 bits per heavy atom.